The average Bonchev–Trinajstić information content (AvgIpc) is 3.11. The summed E-state index contributed by atoms with van der Waals surface area (Å²) in [5, 5.41) is 19.7. The molecule has 0 saturated carbocycles. The maximum atomic E-state index is 5.85. The first-order valence-electron chi connectivity index (χ1n) is 6.64. The Kier molecular flexibility index (Phi) is 6.08. The van der Waals surface area contributed by atoms with Crippen LogP contribution < -0.4 is 5.32 Å². The highest BCUT2D eigenvalue weighted by atomic mass is 127. The summed E-state index contributed by atoms with van der Waals surface area (Å²) < 4.78 is 1.83. The number of H-pyrrole nitrogens is 2. The summed E-state index contributed by atoms with van der Waals surface area (Å²) >= 11 is 21.6. The average molecular weight is 622 g/mol. The lowest BCUT2D eigenvalue weighted by Gasteiger charge is -2.00. The molecular formula is C13H8Cl3I2N7. The van der Waals surface area contributed by atoms with Crippen LogP contribution in [0.1, 0.15) is 0 Å². The fourth-order valence-electron chi connectivity index (χ4n) is 2.08. The van der Waals surface area contributed by atoms with Crippen molar-refractivity contribution < 1.29 is 0 Å². The van der Waals surface area contributed by atoms with Gasteiger partial charge >= 0.3 is 0 Å². The van der Waals surface area contributed by atoms with Gasteiger partial charge in [0.15, 0.2) is 0 Å². The number of halogens is 5. The van der Waals surface area contributed by atoms with Crippen LogP contribution in [0.3, 0.4) is 0 Å². The zero-order chi connectivity index (χ0) is 18.1. The van der Waals surface area contributed by atoms with Crippen LogP contribution in [-0.2, 0) is 0 Å². The Hall–Kier alpha value is -0.630. The van der Waals surface area contributed by atoms with Gasteiger partial charge in [0.2, 0.25) is 0 Å². The van der Waals surface area contributed by atoms with Crippen LogP contribution in [0.5, 0.6) is 0 Å². The normalized spacial score (nSPS) is 10.8. The lowest BCUT2D eigenvalue weighted by atomic mass is 10.3. The molecule has 12 heteroatoms. The molecule has 4 aromatic rings. The molecule has 4 heterocycles. The molecule has 3 N–H and O–H groups in total. The number of fused-ring (bicyclic) bond motifs is 2. The van der Waals surface area contributed by atoms with Crippen LogP contribution in [0, 0.1) is 7.40 Å². The first-order chi connectivity index (χ1) is 11.9. The second-order valence-electron chi connectivity index (χ2n) is 4.64. The highest BCUT2D eigenvalue weighted by molar-refractivity contribution is 14.1. The van der Waals surface area contributed by atoms with E-state index in [1.54, 1.807) is 19.2 Å². The van der Waals surface area contributed by atoms with Crippen molar-refractivity contribution in [1.29, 1.82) is 0 Å². The van der Waals surface area contributed by atoms with Crippen LogP contribution in [-0.4, -0.2) is 37.4 Å². The zero-order valence-corrected chi connectivity index (χ0v) is 18.9. The SMILES string of the molecule is CNc1nc(Cl)cc2n[nH]c(I)c12.Clc1cc2n[nH]c(I)c2c(Cl)n1. The number of anilines is 1. The number of nitrogens with zero attached hydrogens (tertiary/aromatic N) is 4. The summed E-state index contributed by atoms with van der Waals surface area (Å²) in [7, 11) is 1.81. The lowest BCUT2D eigenvalue weighted by Crippen LogP contribution is -1.93. The fraction of sp³-hybridized carbons (Fsp3) is 0.0769. The van der Waals surface area contributed by atoms with Crippen molar-refractivity contribution in [2.24, 2.45) is 0 Å². The largest absolute Gasteiger partial charge is 0.372 e. The van der Waals surface area contributed by atoms with E-state index in [1.807, 2.05) is 0 Å². The van der Waals surface area contributed by atoms with Gasteiger partial charge in [-0.25, -0.2) is 9.97 Å². The molecule has 0 fully saturated rings. The van der Waals surface area contributed by atoms with E-state index in [-0.39, 0.29) is 0 Å². The van der Waals surface area contributed by atoms with Crippen LogP contribution in [0.4, 0.5) is 5.82 Å². The van der Waals surface area contributed by atoms with E-state index < -0.39 is 0 Å². The van der Waals surface area contributed by atoms with Gasteiger partial charge in [-0.05, 0) is 45.2 Å². The first-order valence-corrected chi connectivity index (χ1v) is 9.93. The van der Waals surface area contributed by atoms with E-state index in [4.69, 9.17) is 34.8 Å². The minimum absolute atomic E-state index is 0.357. The number of aromatic amines is 2. The van der Waals surface area contributed by atoms with Gasteiger partial charge in [-0.1, -0.05) is 34.8 Å². The maximum Gasteiger partial charge on any atom is 0.142 e. The molecule has 0 radical (unpaired) electrons. The molecular weight excluding hydrogens is 614 g/mol. The third-order valence-electron chi connectivity index (χ3n) is 3.12. The van der Waals surface area contributed by atoms with Crippen molar-refractivity contribution in [3.8, 4) is 0 Å². The van der Waals surface area contributed by atoms with Crippen molar-refractivity contribution in [3.05, 3.63) is 35.0 Å². The van der Waals surface area contributed by atoms with Gasteiger partial charge in [0.25, 0.3) is 0 Å². The van der Waals surface area contributed by atoms with E-state index in [9.17, 15) is 0 Å². The number of aromatic nitrogens is 6. The number of hydrogen-bond acceptors (Lipinski definition) is 5. The molecule has 0 atom stereocenters. The minimum Gasteiger partial charge on any atom is -0.372 e. The molecule has 4 aromatic heterocycles. The van der Waals surface area contributed by atoms with E-state index in [0.29, 0.717) is 15.5 Å². The quantitative estimate of drug-likeness (QED) is 0.202. The van der Waals surface area contributed by atoms with Crippen LogP contribution in [0.15, 0.2) is 12.1 Å². The third kappa shape index (κ3) is 4.04. The molecule has 7 nitrogen and oxygen atoms in total. The van der Waals surface area contributed by atoms with Gasteiger partial charge in [0.05, 0.1) is 21.8 Å². The monoisotopic (exact) mass is 621 g/mol. The van der Waals surface area contributed by atoms with E-state index in [0.717, 1.165) is 35.0 Å². The van der Waals surface area contributed by atoms with E-state index in [1.165, 1.54) is 0 Å². The third-order valence-corrected chi connectivity index (χ3v) is 5.34. The predicted molar refractivity (Wildman–Crippen MR) is 118 cm³/mol. The fourth-order valence-corrected chi connectivity index (χ4v) is 4.25. The Morgan fingerprint density at radius 1 is 0.880 bits per heavy atom. The highest BCUT2D eigenvalue weighted by Gasteiger charge is 2.10. The van der Waals surface area contributed by atoms with Crippen LogP contribution in [0.25, 0.3) is 21.8 Å². The summed E-state index contributed by atoms with van der Waals surface area (Å²) in [6.07, 6.45) is 0. The zero-order valence-electron chi connectivity index (χ0n) is 12.3. The molecule has 0 aromatic carbocycles. The summed E-state index contributed by atoms with van der Waals surface area (Å²) in [6.45, 7) is 0. The Balaban J connectivity index is 0.000000146. The van der Waals surface area contributed by atoms with Crippen molar-refractivity contribution >= 4 is 108 Å². The highest BCUT2D eigenvalue weighted by Crippen LogP contribution is 2.27. The second-order valence-corrected chi connectivity index (χ2v) is 7.93. The molecule has 0 aliphatic heterocycles. The predicted octanol–water partition coefficient (Wildman–Crippen LogP) is 5.13. The van der Waals surface area contributed by atoms with Gasteiger partial charge in [-0.15, -0.1) is 0 Å². The van der Waals surface area contributed by atoms with Crippen molar-refractivity contribution in [2.45, 2.75) is 0 Å². The van der Waals surface area contributed by atoms with E-state index in [2.05, 4.69) is 80.9 Å². The standard InChI is InChI=1S/C7H6ClIN4.C6H2Cl2IN3/c1-10-7-5-3(2-4(8)11-7)12-13-6(5)9;7-3-1-2-4(5(8)10-3)6(9)12-11-2/h2H,1H3,(H,10,11)(H,12,13);1H,(H,11,12). The van der Waals surface area contributed by atoms with Gasteiger partial charge < -0.3 is 5.32 Å². The molecule has 0 bridgehead atoms. The summed E-state index contributed by atoms with van der Waals surface area (Å²) in [5.74, 6) is 0.751. The molecule has 130 valence electrons. The molecule has 0 spiro atoms. The van der Waals surface area contributed by atoms with Crippen LogP contribution >= 0.6 is 80.0 Å². The Labute approximate surface area is 183 Å². The number of hydrogen-bond donors (Lipinski definition) is 3. The van der Waals surface area contributed by atoms with Gasteiger partial charge in [-0.2, -0.15) is 10.2 Å². The Bertz CT molecular complexity index is 1060. The Morgan fingerprint density at radius 2 is 1.40 bits per heavy atom. The first kappa shape index (κ1) is 19.1. The molecule has 4 rings (SSSR count). The molecule has 0 saturated heterocycles. The maximum absolute atomic E-state index is 5.85. The van der Waals surface area contributed by atoms with Gasteiger partial charge in [0.1, 0.15) is 28.7 Å². The number of nitrogens with one attached hydrogen (secondary N) is 3. The topological polar surface area (TPSA) is 95.2 Å². The summed E-state index contributed by atoms with van der Waals surface area (Å²) in [6, 6.07) is 3.40. The van der Waals surface area contributed by atoms with Crippen LogP contribution in [0.2, 0.25) is 15.5 Å². The molecule has 0 amide bonds. The number of rotatable bonds is 1. The van der Waals surface area contributed by atoms with Crippen molar-refractivity contribution in [3.63, 3.8) is 0 Å². The molecule has 25 heavy (non-hydrogen) atoms. The Morgan fingerprint density at radius 3 is 2.00 bits per heavy atom. The smallest absolute Gasteiger partial charge is 0.142 e. The lowest BCUT2D eigenvalue weighted by molar-refractivity contribution is 1.09. The summed E-state index contributed by atoms with van der Waals surface area (Å²) in [5.41, 5.74) is 1.57. The van der Waals surface area contributed by atoms with E-state index >= 15 is 0 Å². The molecule has 0 aliphatic carbocycles. The number of pyridine rings is 2. The van der Waals surface area contributed by atoms with Crippen molar-refractivity contribution in [2.75, 3.05) is 12.4 Å². The minimum atomic E-state index is 0.357. The summed E-state index contributed by atoms with van der Waals surface area (Å²) in [4.78, 5) is 8.04. The molecule has 0 aliphatic rings. The molecule has 0 unspecified atom stereocenters. The van der Waals surface area contributed by atoms with Gasteiger partial charge in [-0.3, -0.25) is 10.2 Å². The van der Waals surface area contributed by atoms with Crippen molar-refractivity contribution in [1.82, 2.24) is 30.4 Å². The van der Waals surface area contributed by atoms with Gasteiger partial charge in [0, 0.05) is 19.2 Å². The second kappa shape index (κ2) is 7.94.